The van der Waals surface area contributed by atoms with Gasteiger partial charge in [-0.2, -0.15) is 4.40 Å². The van der Waals surface area contributed by atoms with Crippen LogP contribution in [0.2, 0.25) is 0 Å². The molecule has 0 spiro atoms. The number of nitrogens with two attached hydrogens (primary N) is 1. The number of fused-ring (bicyclic) bond motifs is 1. The molecule has 5 nitrogen and oxygen atoms in total. The van der Waals surface area contributed by atoms with Gasteiger partial charge in [0.2, 0.25) is 5.96 Å². The maximum Gasteiger partial charge on any atom is 0.222 e. The number of hydrogen-bond donors (Lipinski definition) is 3. The van der Waals surface area contributed by atoms with E-state index >= 15 is 0 Å². The van der Waals surface area contributed by atoms with Gasteiger partial charge in [0.25, 0.3) is 0 Å². The molecule has 0 saturated heterocycles. The summed E-state index contributed by atoms with van der Waals surface area (Å²) in [7, 11) is 0. The molecule has 12 heavy (non-hydrogen) atoms. The van der Waals surface area contributed by atoms with Crippen molar-refractivity contribution in [1.29, 1.82) is 0 Å². The van der Waals surface area contributed by atoms with Crippen LogP contribution in [-0.2, 0) is 0 Å². The topological polar surface area (TPSA) is 75.3 Å². The summed E-state index contributed by atoms with van der Waals surface area (Å²) in [6.07, 6.45) is 3.47. The highest BCUT2D eigenvalue weighted by molar-refractivity contribution is 7.98. The monoisotopic (exact) mass is 181 g/mol. The molecule has 0 aromatic carbocycles. The number of anilines is 1. The highest BCUT2D eigenvalue weighted by atomic mass is 32.2. The van der Waals surface area contributed by atoms with Crippen molar-refractivity contribution in [1.82, 2.24) is 10.4 Å². The first-order chi connectivity index (χ1) is 5.90. The molecule has 1 aliphatic rings. The second kappa shape index (κ2) is 3.00. The summed E-state index contributed by atoms with van der Waals surface area (Å²) in [6, 6.07) is 1.87. The number of nitrogens with one attached hydrogen (secondary N) is 2. The number of guanidine groups is 1. The van der Waals surface area contributed by atoms with Crippen molar-refractivity contribution in [3.05, 3.63) is 18.5 Å². The molecule has 0 atom stereocenters. The smallest absolute Gasteiger partial charge is 0.222 e. The van der Waals surface area contributed by atoms with E-state index < -0.39 is 0 Å². The van der Waals surface area contributed by atoms with Crippen LogP contribution in [0.3, 0.4) is 0 Å². The Morgan fingerprint density at radius 3 is 3.33 bits per heavy atom. The molecule has 0 bridgehead atoms. The number of nitrogens with zero attached hydrogens (tertiary/aromatic N) is 2. The first kappa shape index (κ1) is 7.38. The zero-order valence-corrected chi connectivity index (χ0v) is 6.93. The number of pyridine rings is 1. The molecule has 0 saturated carbocycles. The lowest BCUT2D eigenvalue weighted by atomic mass is 10.4. The van der Waals surface area contributed by atoms with Crippen LogP contribution in [0, 0.1) is 0 Å². The Balaban J connectivity index is 2.31. The molecule has 2 rings (SSSR count). The third kappa shape index (κ3) is 1.21. The van der Waals surface area contributed by atoms with Crippen molar-refractivity contribution in [2.75, 3.05) is 5.32 Å². The number of rotatable bonds is 0. The standard InChI is InChI=1S/C6H7N5S/c7-10-6-9-4-1-2-8-3-5(4)12-11-6/h1-3H,7H2,(H2,9,10,11). The Hall–Kier alpha value is -1.27. The summed E-state index contributed by atoms with van der Waals surface area (Å²) >= 11 is 1.34. The molecule has 6 heteroatoms. The predicted octanol–water partition coefficient (Wildman–Crippen LogP) is 0.334. The molecule has 0 fully saturated rings. The number of hydrazine groups is 1. The summed E-state index contributed by atoms with van der Waals surface area (Å²) in [4.78, 5) is 4.96. The Labute approximate surface area is 73.6 Å². The Kier molecular flexibility index (Phi) is 1.84. The summed E-state index contributed by atoms with van der Waals surface area (Å²) in [5, 5.41) is 3.00. The maximum atomic E-state index is 5.19. The van der Waals surface area contributed by atoms with E-state index in [1.807, 2.05) is 6.07 Å². The van der Waals surface area contributed by atoms with E-state index in [2.05, 4.69) is 20.1 Å². The average molecular weight is 181 g/mol. The molecule has 0 aliphatic carbocycles. The second-order valence-corrected chi connectivity index (χ2v) is 2.98. The minimum atomic E-state index is 0.554. The summed E-state index contributed by atoms with van der Waals surface area (Å²) in [6.45, 7) is 0. The van der Waals surface area contributed by atoms with E-state index in [1.165, 1.54) is 11.9 Å². The maximum absolute atomic E-state index is 5.19. The van der Waals surface area contributed by atoms with Gasteiger partial charge in [0, 0.05) is 24.3 Å². The molecule has 1 aromatic rings. The molecule has 0 radical (unpaired) electrons. The molecule has 4 N–H and O–H groups in total. The van der Waals surface area contributed by atoms with E-state index in [1.54, 1.807) is 12.4 Å². The van der Waals surface area contributed by atoms with Gasteiger partial charge < -0.3 is 5.32 Å². The van der Waals surface area contributed by atoms with Crippen LogP contribution in [0.1, 0.15) is 0 Å². The van der Waals surface area contributed by atoms with E-state index in [9.17, 15) is 0 Å². The lowest BCUT2D eigenvalue weighted by Crippen LogP contribution is -2.36. The predicted molar refractivity (Wildman–Crippen MR) is 48.5 cm³/mol. The lowest BCUT2D eigenvalue weighted by Gasteiger charge is -2.15. The van der Waals surface area contributed by atoms with Gasteiger partial charge in [-0.05, 0) is 6.07 Å². The molecule has 0 amide bonds. The molecular weight excluding hydrogens is 174 g/mol. The van der Waals surface area contributed by atoms with Gasteiger partial charge in [0.05, 0.1) is 10.6 Å². The largest absolute Gasteiger partial charge is 0.323 e. The second-order valence-electron chi connectivity index (χ2n) is 2.17. The minimum Gasteiger partial charge on any atom is -0.323 e. The fraction of sp³-hybridized carbons (Fsp3) is 0. The van der Waals surface area contributed by atoms with Crippen LogP contribution >= 0.6 is 11.9 Å². The molecule has 1 aliphatic heterocycles. The van der Waals surface area contributed by atoms with Crippen molar-refractivity contribution in [3.63, 3.8) is 0 Å². The lowest BCUT2D eigenvalue weighted by molar-refractivity contribution is 1.02. The molecule has 0 unspecified atom stereocenters. The van der Waals surface area contributed by atoms with Gasteiger partial charge in [0.15, 0.2) is 0 Å². The van der Waals surface area contributed by atoms with Gasteiger partial charge in [-0.3, -0.25) is 10.4 Å². The third-order valence-electron chi connectivity index (χ3n) is 1.41. The van der Waals surface area contributed by atoms with E-state index in [0.29, 0.717) is 5.96 Å². The SMILES string of the molecule is NNC1=NSc2cnccc2N1. The van der Waals surface area contributed by atoms with Crippen LogP contribution in [0.15, 0.2) is 27.8 Å². The van der Waals surface area contributed by atoms with Crippen LogP contribution in [-0.4, -0.2) is 10.9 Å². The Bertz CT molecular complexity index is 323. The van der Waals surface area contributed by atoms with Gasteiger partial charge >= 0.3 is 0 Å². The zero-order valence-electron chi connectivity index (χ0n) is 6.11. The zero-order chi connectivity index (χ0) is 8.39. The minimum absolute atomic E-state index is 0.554. The van der Waals surface area contributed by atoms with Crippen molar-refractivity contribution in [2.24, 2.45) is 10.2 Å². The Morgan fingerprint density at radius 1 is 1.58 bits per heavy atom. The highest BCUT2D eigenvalue weighted by Crippen LogP contribution is 2.29. The van der Waals surface area contributed by atoms with Crippen molar-refractivity contribution in [3.8, 4) is 0 Å². The van der Waals surface area contributed by atoms with Crippen LogP contribution in [0.25, 0.3) is 0 Å². The van der Waals surface area contributed by atoms with Crippen LogP contribution in [0.4, 0.5) is 5.69 Å². The van der Waals surface area contributed by atoms with Crippen molar-refractivity contribution >= 4 is 23.6 Å². The third-order valence-corrected chi connectivity index (χ3v) is 2.21. The fourth-order valence-electron chi connectivity index (χ4n) is 0.864. The average Bonchev–Trinajstić information content (AvgIpc) is 2.17. The molecule has 1 aromatic heterocycles. The van der Waals surface area contributed by atoms with Gasteiger partial charge in [-0.25, -0.2) is 5.84 Å². The summed E-state index contributed by atoms with van der Waals surface area (Å²) in [5.41, 5.74) is 3.41. The first-order valence-corrected chi connectivity index (χ1v) is 4.10. The van der Waals surface area contributed by atoms with Crippen LogP contribution < -0.4 is 16.6 Å². The molecular formula is C6H7N5S. The first-order valence-electron chi connectivity index (χ1n) is 3.33. The summed E-state index contributed by atoms with van der Waals surface area (Å²) in [5.74, 6) is 5.74. The molecule has 62 valence electrons. The molecule has 2 heterocycles. The number of hydrogen-bond acceptors (Lipinski definition) is 6. The van der Waals surface area contributed by atoms with Crippen LogP contribution in [0.5, 0.6) is 0 Å². The summed E-state index contributed by atoms with van der Waals surface area (Å²) < 4.78 is 4.04. The van der Waals surface area contributed by atoms with Gasteiger partial charge in [0.1, 0.15) is 0 Å². The fourth-order valence-corrected chi connectivity index (χ4v) is 1.48. The van der Waals surface area contributed by atoms with Gasteiger partial charge in [-0.15, -0.1) is 0 Å². The van der Waals surface area contributed by atoms with E-state index in [-0.39, 0.29) is 0 Å². The van der Waals surface area contributed by atoms with E-state index in [0.717, 1.165) is 10.6 Å². The normalized spacial score (nSPS) is 14.2. The van der Waals surface area contributed by atoms with Crippen molar-refractivity contribution < 1.29 is 0 Å². The quantitative estimate of drug-likeness (QED) is 0.305. The van der Waals surface area contributed by atoms with Crippen molar-refractivity contribution in [2.45, 2.75) is 4.90 Å². The van der Waals surface area contributed by atoms with Gasteiger partial charge in [-0.1, -0.05) is 0 Å². The highest BCUT2D eigenvalue weighted by Gasteiger charge is 2.10. The number of aromatic nitrogens is 1. The van der Waals surface area contributed by atoms with E-state index in [4.69, 9.17) is 5.84 Å². The Morgan fingerprint density at radius 2 is 2.50 bits per heavy atom.